The minimum atomic E-state index is -3.60. The predicted octanol–water partition coefficient (Wildman–Crippen LogP) is 0.643. The quantitative estimate of drug-likeness (QED) is 0.527. The molecule has 0 spiro atoms. The van der Waals surface area contributed by atoms with E-state index in [9.17, 15) is 23.3 Å². The van der Waals surface area contributed by atoms with E-state index >= 15 is 0 Å². The Balaban J connectivity index is 1.61. The standard InChI is InChI=1S/C19H22N4O5S/c1-15(24)20-17-5-7-19(8-6-17)29(27,28)22-11-9-21(10-12-22)14-16-3-2-4-18(13-16)23(25)26/h2-8,13H,9-12,14H2,1H3,(H,20,24)/p+1. The lowest BCUT2D eigenvalue weighted by Crippen LogP contribution is -3.13. The van der Waals surface area contributed by atoms with E-state index in [0.29, 0.717) is 38.4 Å². The molecule has 1 aliphatic heterocycles. The summed E-state index contributed by atoms with van der Waals surface area (Å²) < 4.78 is 27.2. The number of sulfonamides is 1. The van der Waals surface area contributed by atoms with Crippen LogP contribution in [0.25, 0.3) is 0 Å². The number of nitro benzene ring substituents is 1. The predicted molar refractivity (Wildman–Crippen MR) is 107 cm³/mol. The molecular weight excluding hydrogens is 396 g/mol. The first-order chi connectivity index (χ1) is 13.8. The molecule has 29 heavy (non-hydrogen) atoms. The van der Waals surface area contributed by atoms with Crippen molar-refractivity contribution in [3.63, 3.8) is 0 Å². The van der Waals surface area contributed by atoms with Crippen molar-refractivity contribution in [2.45, 2.75) is 18.4 Å². The number of rotatable bonds is 6. The van der Waals surface area contributed by atoms with Crippen LogP contribution < -0.4 is 10.2 Å². The fraction of sp³-hybridized carbons (Fsp3) is 0.316. The summed E-state index contributed by atoms with van der Waals surface area (Å²) in [6, 6.07) is 12.6. The molecule has 1 aliphatic rings. The summed E-state index contributed by atoms with van der Waals surface area (Å²) >= 11 is 0. The number of carbonyl (C=O) groups is 1. The third-order valence-electron chi connectivity index (χ3n) is 4.82. The molecule has 2 aromatic rings. The van der Waals surface area contributed by atoms with E-state index in [1.54, 1.807) is 24.3 Å². The number of nitrogens with zero attached hydrogens (tertiary/aromatic N) is 2. The van der Waals surface area contributed by atoms with Gasteiger partial charge in [-0.2, -0.15) is 4.31 Å². The highest BCUT2D eigenvalue weighted by atomic mass is 32.2. The molecule has 0 unspecified atom stereocenters. The molecule has 10 heteroatoms. The fourth-order valence-electron chi connectivity index (χ4n) is 3.35. The van der Waals surface area contributed by atoms with E-state index in [4.69, 9.17) is 0 Å². The van der Waals surface area contributed by atoms with E-state index in [1.807, 2.05) is 6.07 Å². The van der Waals surface area contributed by atoms with Crippen LogP contribution in [0.2, 0.25) is 0 Å². The van der Waals surface area contributed by atoms with Crippen LogP contribution in [0.4, 0.5) is 11.4 Å². The zero-order chi connectivity index (χ0) is 21.0. The molecule has 0 aromatic heterocycles. The van der Waals surface area contributed by atoms with Crippen molar-refractivity contribution in [1.29, 1.82) is 0 Å². The molecule has 2 aromatic carbocycles. The van der Waals surface area contributed by atoms with Gasteiger partial charge in [0.05, 0.1) is 36.0 Å². The van der Waals surface area contributed by atoms with Gasteiger partial charge in [0, 0.05) is 30.3 Å². The molecule has 1 saturated heterocycles. The summed E-state index contributed by atoms with van der Waals surface area (Å²) in [4.78, 5) is 22.9. The lowest BCUT2D eigenvalue weighted by Gasteiger charge is -2.31. The van der Waals surface area contributed by atoms with E-state index in [0.717, 1.165) is 5.56 Å². The van der Waals surface area contributed by atoms with E-state index in [2.05, 4.69) is 5.32 Å². The summed E-state index contributed by atoms with van der Waals surface area (Å²) in [5.74, 6) is -0.219. The minimum Gasteiger partial charge on any atom is -0.329 e. The molecule has 0 atom stereocenters. The second-order valence-corrected chi connectivity index (χ2v) is 8.90. The van der Waals surface area contributed by atoms with Crippen LogP contribution in [0.3, 0.4) is 0 Å². The molecule has 0 bridgehead atoms. The first-order valence-corrected chi connectivity index (χ1v) is 10.6. The molecule has 3 rings (SSSR count). The minimum absolute atomic E-state index is 0.0609. The summed E-state index contributed by atoms with van der Waals surface area (Å²) in [6.07, 6.45) is 0. The Hall–Kier alpha value is -2.82. The molecule has 1 heterocycles. The Morgan fingerprint density at radius 3 is 2.41 bits per heavy atom. The van der Waals surface area contributed by atoms with E-state index < -0.39 is 14.9 Å². The van der Waals surface area contributed by atoms with Crippen LogP contribution in [-0.2, 0) is 21.4 Å². The number of benzene rings is 2. The van der Waals surface area contributed by atoms with Gasteiger partial charge >= 0.3 is 0 Å². The van der Waals surface area contributed by atoms with Gasteiger partial charge in [0.25, 0.3) is 5.69 Å². The Morgan fingerprint density at radius 1 is 1.17 bits per heavy atom. The summed E-state index contributed by atoms with van der Waals surface area (Å²) in [6.45, 7) is 3.99. The first-order valence-electron chi connectivity index (χ1n) is 9.20. The number of piperazine rings is 1. The van der Waals surface area contributed by atoms with Gasteiger partial charge in [-0.1, -0.05) is 12.1 Å². The van der Waals surface area contributed by atoms with Crippen molar-refractivity contribution in [2.75, 3.05) is 31.5 Å². The number of nitrogens with one attached hydrogen (secondary N) is 2. The average molecular weight is 419 g/mol. The summed E-state index contributed by atoms with van der Waals surface area (Å²) in [5.41, 5.74) is 1.47. The second kappa shape index (κ2) is 8.68. The summed E-state index contributed by atoms with van der Waals surface area (Å²) in [5, 5.41) is 13.5. The highest BCUT2D eigenvalue weighted by Crippen LogP contribution is 2.19. The van der Waals surface area contributed by atoms with Gasteiger partial charge in [-0.05, 0) is 24.3 Å². The molecule has 0 radical (unpaired) electrons. The van der Waals surface area contributed by atoms with Gasteiger partial charge in [0.15, 0.2) is 0 Å². The SMILES string of the molecule is CC(=O)Nc1ccc(S(=O)(=O)N2CC[NH+](Cc3cccc([N+](=O)[O-])c3)CC2)cc1. The largest absolute Gasteiger partial charge is 0.329 e. The molecule has 2 N–H and O–H groups in total. The van der Waals surface area contributed by atoms with Crippen LogP contribution in [-0.4, -0.2) is 49.7 Å². The zero-order valence-corrected chi connectivity index (χ0v) is 16.8. The van der Waals surface area contributed by atoms with Crippen LogP contribution in [0.1, 0.15) is 12.5 Å². The van der Waals surface area contributed by atoms with Gasteiger partial charge in [-0.25, -0.2) is 8.42 Å². The van der Waals surface area contributed by atoms with Gasteiger partial charge in [-0.15, -0.1) is 0 Å². The van der Waals surface area contributed by atoms with Crippen molar-refractivity contribution in [3.8, 4) is 0 Å². The smallest absolute Gasteiger partial charge is 0.269 e. The molecule has 1 fully saturated rings. The number of amides is 1. The topological polar surface area (TPSA) is 114 Å². The number of nitro groups is 1. The van der Waals surface area contributed by atoms with Gasteiger partial charge < -0.3 is 10.2 Å². The van der Waals surface area contributed by atoms with Crippen LogP contribution in [0.5, 0.6) is 0 Å². The normalized spacial score (nSPS) is 15.8. The van der Waals surface area contributed by atoms with Crippen molar-refractivity contribution >= 4 is 27.3 Å². The van der Waals surface area contributed by atoms with Crippen molar-refractivity contribution in [3.05, 3.63) is 64.2 Å². The maximum absolute atomic E-state index is 12.9. The average Bonchev–Trinajstić information content (AvgIpc) is 2.68. The van der Waals surface area contributed by atoms with Crippen LogP contribution in [0, 0.1) is 10.1 Å². The van der Waals surface area contributed by atoms with E-state index in [-0.39, 0.29) is 16.5 Å². The number of anilines is 1. The Bertz CT molecular complexity index is 1000. The van der Waals surface area contributed by atoms with Crippen molar-refractivity contribution in [1.82, 2.24) is 4.31 Å². The van der Waals surface area contributed by atoms with E-state index in [1.165, 1.54) is 34.3 Å². The Morgan fingerprint density at radius 2 is 1.83 bits per heavy atom. The highest BCUT2D eigenvalue weighted by molar-refractivity contribution is 7.89. The highest BCUT2D eigenvalue weighted by Gasteiger charge is 2.30. The molecule has 154 valence electrons. The third kappa shape index (κ3) is 5.17. The number of hydrogen-bond acceptors (Lipinski definition) is 5. The molecule has 1 amide bonds. The second-order valence-electron chi connectivity index (χ2n) is 6.96. The van der Waals surface area contributed by atoms with Crippen molar-refractivity contribution in [2.24, 2.45) is 0 Å². The number of quaternary nitrogens is 1. The van der Waals surface area contributed by atoms with Crippen molar-refractivity contribution < 1.29 is 23.0 Å². The summed E-state index contributed by atoms with van der Waals surface area (Å²) in [7, 11) is -3.60. The maximum Gasteiger partial charge on any atom is 0.269 e. The molecular formula is C19H23N4O5S+. The van der Waals surface area contributed by atoms with Crippen LogP contribution >= 0.6 is 0 Å². The third-order valence-corrected chi connectivity index (χ3v) is 6.73. The lowest BCUT2D eigenvalue weighted by molar-refractivity contribution is -0.917. The monoisotopic (exact) mass is 419 g/mol. The maximum atomic E-state index is 12.9. The molecule has 9 nitrogen and oxygen atoms in total. The van der Waals surface area contributed by atoms with Gasteiger partial charge in [0.1, 0.15) is 6.54 Å². The first kappa shape index (κ1) is 20.9. The Kier molecular flexibility index (Phi) is 6.26. The number of non-ortho nitro benzene ring substituents is 1. The molecule has 0 aliphatic carbocycles. The van der Waals surface area contributed by atoms with Gasteiger partial charge in [0.2, 0.25) is 15.9 Å². The Labute approximate surface area is 169 Å². The molecule has 0 saturated carbocycles. The van der Waals surface area contributed by atoms with Crippen LogP contribution in [0.15, 0.2) is 53.4 Å². The zero-order valence-electron chi connectivity index (χ0n) is 16.0. The fourth-order valence-corrected chi connectivity index (χ4v) is 4.79. The number of hydrogen-bond donors (Lipinski definition) is 2. The number of carbonyl (C=O) groups excluding carboxylic acids is 1. The van der Waals surface area contributed by atoms with Gasteiger partial charge in [-0.3, -0.25) is 14.9 Å². The lowest BCUT2D eigenvalue weighted by atomic mass is 10.2.